The Morgan fingerprint density at radius 1 is 1.21 bits per heavy atom. The van der Waals surface area contributed by atoms with Crippen LogP contribution in [0.3, 0.4) is 0 Å². The maximum Gasteiger partial charge on any atom is 0.223 e. The minimum Gasteiger partial charge on any atom is -0.346 e. The minimum atomic E-state index is 0.0541. The van der Waals surface area contributed by atoms with Crippen molar-refractivity contribution >= 4 is 16.8 Å². The van der Waals surface area contributed by atoms with Gasteiger partial charge in [-0.15, -0.1) is 0 Å². The molecular weight excluding hydrogens is 302 g/mol. The Hall–Kier alpha value is -2.76. The number of para-hydroxylation sites is 1. The van der Waals surface area contributed by atoms with Crippen molar-refractivity contribution in [3.8, 4) is 0 Å². The predicted molar refractivity (Wildman–Crippen MR) is 92.4 cm³/mol. The van der Waals surface area contributed by atoms with Crippen LogP contribution in [0.1, 0.15) is 29.5 Å². The molecule has 6 nitrogen and oxygen atoms in total. The van der Waals surface area contributed by atoms with Gasteiger partial charge in [-0.2, -0.15) is 0 Å². The fourth-order valence-electron chi connectivity index (χ4n) is 2.68. The smallest absolute Gasteiger partial charge is 0.223 e. The third-order valence-corrected chi connectivity index (χ3v) is 3.98. The molecule has 1 aromatic carbocycles. The number of aromatic amines is 1. The Labute approximate surface area is 141 Å². The summed E-state index contributed by atoms with van der Waals surface area (Å²) in [5.74, 6) is 1.56. The highest BCUT2D eigenvalue weighted by Gasteiger charge is 2.13. The standard InChI is InChI=1S/C18H21N5O/c1-12-10-19-16(20-12)8-9-18(24)23(3)11-17-21-13(2)14-6-4-5-7-15(14)22-17/h4-7,10H,8-9,11H2,1-3H3,(H,19,20). The van der Waals surface area contributed by atoms with Crippen LogP contribution in [0.5, 0.6) is 0 Å². The summed E-state index contributed by atoms with van der Waals surface area (Å²) >= 11 is 0. The molecule has 0 atom stereocenters. The second-order valence-electron chi connectivity index (χ2n) is 6.01. The molecule has 0 saturated heterocycles. The monoisotopic (exact) mass is 323 g/mol. The lowest BCUT2D eigenvalue weighted by Gasteiger charge is -2.16. The summed E-state index contributed by atoms with van der Waals surface area (Å²) < 4.78 is 0. The maximum atomic E-state index is 12.3. The van der Waals surface area contributed by atoms with Gasteiger partial charge in [0.05, 0.1) is 12.1 Å². The summed E-state index contributed by atoms with van der Waals surface area (Å²) in [7, 11) is 1.78. The molecule has 0 aliphatic heterocycles. The largest absolute Gasteiger partial charge is 0.346 e. The van der Waals surface area contributed by atoms with E-state index in [1.54, 1.807) is 18.1 Å². The number of imidazole rings is 1. The van der Waals surface area contributed by atoms with E-state index in [1.165, 1.54) is 0 Å². The molecule has 6 heteroatoms. The summed E-state index contributed by atoms with van der Waals surface area (Å²) in [6.07, 6.45) is 2.79. The number of amides is 1. The molecule has 0 aliphatic carbocycles. The maximum absolute atomic E-state index is 12.3. The molecular formula is C18H21N5O. The molecule has 2 aromatic heterocycles. The molecule has 1 N–H and O–H groups in total. The fourth-order valence-corrected chi connectivity index (χ4v) is 2.68. The number of rotatable bonds is 5. The minimum absolute atomic E-state index is 0.0541. The second kappa shape index (κ2) is 6.78. The van der Waals surface area contributed by atoms with Gasteiger partial charge in [0.15, 0.2) is 0 Å². The molecule has 0 fully saturated rings. The first-order valence-electron chi connectivity index (χ1n) is 7.99. The molecule has 0 spiro atoms. The molecule has 0 unspecified atom stereocenters. The third kappa shape index (κ3) is 3.59. The van der Waals surface area contributed by atoms with E-state index >= 15 is 0 Å². The summed E-state index contributed by atoms with van der Waals surface area (Å²) in [5.41, 5.74) is 2.85. The van der Waals surface area contributed by atoms with Crippen LogP contribution in [0.25, 0.3) is 10.9 Å². The predicted octanol–water partition coefficient (Wildman–Crippen LogP) is 2.56. The van der Waals surface area contributed by atoms with E-state index < -0.39 is 0 Å². The number of aromatic nitrogens is 4. The van der Waals surface area contributed by atoms with Crippen LogP contribution in [0, 0.1) is 13.8 Å². The Kier molecular flexibility index (Phi) is 4.55. The molecule has 124 valence electrons. The normalized spacial score (nSPS) is 11.0. The lowest BCUT2D eigenvalue weighted by molar-refractivity contribution is -0.130. The molecule has 1 amide bonds. The van der Waals surface area contributed by atoms with Crippen molar-refractivity contribution < 1.29 is 4.79 Å². The Bertz CT molecular complexity index is 871. The summed E-state index contributed by atoms with van der Waals surface area (Å²) in [6, 6.07) is 7.91. The zero-order valence-corrected chi connectivity index (χ0v) is 14.2. The van der Waals surface area contributed by atoms with E-state index in [9.17, 15) is 4.79 Å². The van der Waals surface area contributed by atoms with Crippen LogP contribution in [0.2, 0.25) is 0 Å². The lowest BCUT2D eigenvalue weighted by atomic mass is 10.2. The van der Waals surface area contributed by atoms with Crippen molar-refractivity contribution in [3.05, 3.63) is 53.5 Å². The Morgan fingerprint density at radius 3 is 2.75 bits per heavy atom. The van der Waals surface area contributed by atoms with Crippen molar-refractivity contribution in [3.63, 3.8) is 0 Å². The van der Waals surface area contributed by atoms with Crippen molar-refractivity contribution in [2.45, 2.75) is 33.2 Å². The van der Waals surface area contributed by atoms with E-state index in [2.05, 4.69) is 19.9 Å². The lowest BCUT2D eigenvalue weighted by Crippen LogP contribution is -2.27. The van der Waals surface area contributed by atoms with E-state index in [-0.39, 0.29) is 5.91 Å². The van der Waals surface area contributed by atoms with Crippen molar-refractivity contribution in [2.24, 2.45) is 0 Å². The quantitative estimate of drug-likeness (QED) is 0.783. The van der Waals surface area contributed by atoms with Gasteiger partial charge < -0.3 is 9.88 Å². The van der Waals surface area contributed by atoms with Crippen LogP contribution in [-0.4, -0.2) is 37.8 Å². The molecule has 3 aromatic rings. The van der Waals surface area contributed by atoms with Gasteiger partial charge in [-0.25, -0.2) is 15.0 Å². The zero-order valence-electron chi connectivity index (χ0n) is 14.2. The Balaban J connectivity index is 1.65. The number of aryl methyl sites for hydroxylation is 3. The van der Waals surface area contributed by atoms with E-state index in [4.69, 9.17) is 0 Å². The number of H-pyrrole nitrogens is 1. The highest BCUT2D eigenvalue weighted by molar-refractivity contribution is 5.80. The van der Waals surface area contributed by atoms with Gasteiger partial charge in [0.1, 0.15) is 11.6 Å². The van der Waals surface area contributed by atoms with Gasteiger partial charge in [0.2, 0.25) is 5.91 Å². The molecule has 24 heavy (non-hydrogen) atoms. The topological polar surface area (TPSA) is 74.8 Å². The molecule has 3 rings (SSSR count). The third-order valence-electron chi connectivity index (χ3n) is 3.98. The number of hydrogen-bond acceptors (Lipinski definition) is 4. The number of nitrogens with zero attached hydrogens (tertiary/aromatic N) is 4. The molecule has 0 saturated carbocycles. The fraction of sp³-hybridized carbons (Fsp3) is 0.333. The first-order chi connectivity index (χ1) is 11.5. The van der Waals surface area contributed by atoms with Crippen LogP contribution in [-0.2, 0) is 17.8 Å². The van der Waals surface area contributed by atoms with Gasteiger partial charge in [0.25, 0.3) is 0 Å². The zero-order chi connectivity index (χ0) is 17.1. The van der Waals surface area contributed by atoms with Crippen molar-refractivity contribution in [2.75, 3.05) is 7.05 Å². The molecule has 0 aliphatic rings. The Morgan fingerprint density at radius 2 is 2.00 bits per heavy atom. The van der Waals surface area contributed by atoms with Crippen LogP contribution in [0.15, 0.2) is 30.5 Å². The number of fused-ring (bicyclic) bond motifs is 1. The molecule has 0 bridgehead atoms. The molecule has 0 radical (unpaired) electrons. The van der Waals surface area contributed by atoms with Crippen LogP contribution in [0.4, 0.5) is 0 Å². The number of hydrogen-bond donors (Lipinski definition) is 1. The van der Waals surface area contributed by atoms with Gasteiger partial charge >= 0.3 is 0 Å². The van der Waals surface area contributed by atoms with Gasteiger partial charge in [-0.1, -0.05) is 18.2 Å². The number of benzene rings is 1. The summed E-state index contributed by atoms with van der Waals surface area (Å²) in [4.78, 5) is 30.4. The summed E-state index contributed by atoms with van der Waals surface area (Å²) in [6.45, 7) is 4.32. The van der Waals surface area contributed by atoms with Gasteiger partial charge in [0, 0.05) is 42.9 Å². The average molecular weight is 323 g/mol. The average Bonchev–Trinajstić information content (AvgIpc) is 2.98. The second-order valence-corrected chi connectivity index (χ2v) is 6.01. The highest BCUT2D eigenvalue weighted by atomic mass is 16.2. The SMILES string of the molecule is Cc1cnc(CCC(=O)N(C)Cc2nc(C)c3ccccc3n2)[nH]1. The first kappa shape index (κ1) is 16.1. The first-order valence-corrected chi connectivity index (χ1v) is 7.99. The van der Waals surface area contributed by atoms with E-state index in [0.29, 0.717) is 25.2 Å². The number of carbonyl (C=O) groups is 1. The van der Waals surface area contributed by atoms with Crippen molar-refractivity contribution in [1.29, 1.82) is 0 Å². The number of nitrogens with one attached hydrogen (secondary N) is 1. The van der Waals surface area contributed by atoms with Crippen LogP contribution < -0.4 is 0 Å². The van der Waals surface area contributed by atoms with Crippen LogP contribution >= 0.6 is 0 Å². The van der Waals surface area contributed by atoms with Gasteiger partial charge in [-0.3, -0.25) is 4.79 Å². The summed E-state index contributed by atoms with van der Waals surface area (Å²) in [5, 5.41) is 1.04. The number of carbonyl (C=O) groups excluding carboxylic acids is 1. The molecule has 2 heterocycles. The van der Waals surface area contributed by atoms with E-state index in [1.807, 2.05) is 38.1 Å². The van der Waals surface area contributed by atoms with Gasteiger partial charge in [-0.05, 0) is 19.9 Å². The van der Waals surface area contributed by atoms with Crippen molar-refractivity contribution in [1.82, 2.24) is 24.8 Å². The highest BCUT2D eigenvalue weighted by Crippen LogP contribution is 2.15. The van der Waals surface area contributed by atoms with E-state index in [0.717, 1.165) is 28.1 Å².